The molecule has 0 saturated carbocycles. The van der Waals surface area contributed by atoms with Crippen molar-refractivity contribution in [1.82, 2.24) is 89.6 Å². The van der Waals surface area contributed by atoms with Crippen molar-refractivity contribution in [1.29, 1.82) is 0 Å². The van der Waals surface area contributed by atoms with Crippen LogP contribution in [0.5, 0.6) is 11.5 Å². The van der Waals surface area contributed by atoms with Gasteiger partial charge in [0, 0.05) is 42.9 Å². The second kappa shape index (κ2) is 55.8. The number of hydrogen-bond acceptors (Lipinski definition) is 26. The summed E-state index contributed by atoms with van der Waals surface area (Å²) < 4.78 is 0. The molecule has 0 bridgehead atoms. The highest BCUT2D eigenvalue weighted by Gasteiger charge is 2.44. The predicted molar refractivity (Wildman–Crippen MR) is 491 cm³/mol. The van der Waals surface area contributed by atoms with Gasteiger partial charge in [-0.2, -0.15) is 0 Å². The van der Waals surface area contributed by atoms with Crippen LogP contribution in [0.3, 0.4) is 0 Å². The Balaban J connectivity index is 1.29. The van der Waals surface area contributed by atoms with Gasteiger partial charge in [0.25, 0.3) is 0 Å². The van der Waals surface area contributed by atoms with Gasteiger partial charge in [0.1, 0.15) is 103 Å². The first-order valence-electron chi connectivity index (χ1n) is 45.2. The molecule has 0 unspecified atom stereocenters. The van der Waals surface area contributed by atoms with Crippen molar-refractivity contribution in [2.24, 2.45) is 40.9 Å². The van der Waals surface area contributed by atoms with Crippen LogP contribution in [0.15, 0.2) is 79.0 Å². The summed E-state index contributed by atoms with van der Waals surface area (Å²) >= 11 is 0. The van der Waals surface area contributed by atoms with Crippen LogP contribution in [-0.4, -0.2) is 293 Å². The molecular weight excluding hydrogens is 1790 g/mol. The normalized spacial score (nSPS) is 16.3. The Morgan fingerprint density at radius 2 is 0.912 bits per heavy atom. The number of aliphatic carboxylic acids is 3. The summed E-state index contributed by atoms with van der Waals surface area (Å²) in [6, 6.07) is -6.21. The molecule has 17 amide bonds. The second-order valence-corrected chi connectivity index (χ2v) is 34.4. The van der Waals surface area contributed by atoms with E-state index in [0.717, 1.165) is 35.2 Å². The summed E-state index contributed by atoms with van der Waals surface area (Å²) in [6.45, 7) is 12.2. The molecule has 4 aromatic rings. The number of aromatic hydroxyl groups is 2. The summed E-state index contributed by atoms with van der Waals surface area (Å²) in [5, 5.41) is 108. The number of phenolic OH excluding ortho intramolecular Hbond substituents is 2. The number of aliphatic hydroxyl groups is 2. The van der Waals surface area contributed by atoms with Crippen LogP contribution in [0.4, 0.5) is 0 Å². The standard InChI is InChI=1S/C90H132N20O27/c1-11-45(6)72(107-81(128)61(36-51-25-29-54(114)30-26-51)102-89(136)75(49(10)112)109-82(129)62(38-66(93)115)103-87(134)73(46(7)12-2)106-77(124)56(92)37-52-40-94-57-20-15-14-19-55(52)57)85(132)95-41-67(116)98-59(31-32-68(117)118)90(137)110-34-18-22-65(110)84(131)108-74(47(8)13-3)88(135)101-60(35-50-23-27-53(113)28-24-50)79(126)97-48(9)76(123)100-63(39-69(119)120)80(127)104-64(43-111)83(130)105-71(44(4)5)86(133)99-58(21-16-17-33-91)78(125)96-42-70(121)122/h14-15,19-20,23-30,40,44-49,56,58-65,71-75,94,111-114H,11-13,16-18,21-22,31-39,41-43,91-92H2,1-10H3,(H2,93,115)(H,95,132)(H,96,125)(H,97,126)(H,98,116)(H,99,133)(H,100,123)(H,101,135)(H,102,136)(H,103,134)(H,104,127)(H,105,130)(H,106,124)(H,107,128)(H,108,131)(H,109,129)(H,117,118)(H,119,120)(H,121,122)/t45-,46-,47-,48-,49+,56-,58-,59-,60-,61-,62-,63-,64-,65-,71-,72-,73-,74-,75-/m0/s1. The van der Waals surface area contributed by atoms with E-state index in [9.17, 15) is 127 Å². The highest BCUT2D eigenvalue weighted by molar-refractivity contribution is 6.02. The number of aromatic nitrogens is 1. The van der Waals surface area contributed by atoms with E-state index < -0.39 is 284 Å². The van der Waals surface area contributed by atoms with Crippen molar-refractivity contribution in [3.05, 3.63) is 95.7 Å². The molecule has 19 atom stereocenters. The smallest absolute Gasteiger partial charge is 0.322 e. The van der Waals surface area contributed by atoms with Crippen LogP contribution < -0.4 is 97.0 Å². The molecule has 1 aromatic heterocycles. The lowest BCUT2D eigenvalue weighted by Gasteiger charge is -2.31. The number of carbonyl (C=O) groups excluding carboxylic acids is 17. The number of carboxylic acid groups (broad SMARTS) is 3. The van der Waals surface area contributed by atoms with Crippen molar-refractivity contribution in [3.63, 3.8) is 0 Å². The molecule has 0 spiro atoms. The zero-order chi connectivity index (χ0) is 102. The molecule has 1 aliphatic rings. The molecule has 0 radical (unpaired) electrons. The third-order valence-electron chi connectivity index (χ3n) is 23.3. The maximum absolute atomic E-state index is 14.7. The number of nitrogens with two attached hydrogens (primary N) is 3. The quantitative estimate of drug-likeness (QED) is 0.0184. The number of aromatic amines is 1. The number of benzene rings is 3. The third kappa shape index (κ3) is 36.3. The monoisotopic (exact) mass is 1920 g/mol. The average Bonchev–Trinajstić information content (AvgIpc) is 1.69. The van der Waals surface area contributed by atoms with Crippen LogP contribution in [0, 0.1) is 23.7 Å². The zero-order valence-electron chi connectivity index (χ0n) is 78.2. The highest BCUT2D eigenvalue weighted by Crippen LogP contribution is 2.25. The number of unbranched alkanes of at least 4 members (excludes halogenated alkanes) is 1. The molecule has 2 heterocycles. The molecule has 1 aliphatic heterocycles. The Kier molecular flexibility index (Phi) is 46.2. The lowest BCUT2D eigenvalue weighted by Crippen LogP contribution is -2.62. The van der Waals surface area contributed by atoms with E-state index in [2.05, 4.69) is 84.7 Å². The molecule has 1 saturated heterocycles. The number of carboxylic acids is 3. The third-order valence-corrected chi connectivity index (χ3v) is 23.3. The van der Waals surface area contributed by atoms with Crippen LogP contribution in [0.25, 0.3) is 10.9 Å². The van der Waals surface area contributed by atoms with Gasteiger partial charge >= 0.3 is 17.9 Å². The molecule has 47 heteroatoms. The summed E-state index contributed by atoms with van der Waals surface area (Å²) in [5.74, 6) is -25.6. The maximum atomic E-state index is 14.7. The van der Waals surface area contributed by atoms with Crippen LogP contribution in [0.2, 0.25) is 0 Å². The van der Waals surface area contributed by atoms with E-state index in [-0.39, 0.29) is 76.0 Å². The number of aliphatic hydroxyl groups excluding tert-OH is 2. The Bertz CT molecular complexity index is 4880. The minimum absolute atomic E-state index is 0.0113. The number of para-hydroxylation sites is 1. The van der Waals surface area contributed by atoms with Gasteiger partial charge in [0.05, 0.1) is 38.1 Å². The molecule has 0 aliphatic carbocycles. The van der Waals surface area contributed by atoms with Crippen molar-refractivity contribution >= 4 is 129 Å². The number of carbonyl (C=O) groups is 20. The van der Waals surface area contributed by atoms with Crippen LogP contribution in [0.1, 0.15) is 163 Å². The van der Waals surface area contributed by atoms with Crippen LogP contribution >= 0.6 is 0 Å². The fourth-order valence-corrected chi connectivity index (χ4v) is 14.7. The van der Waals surface area contributed by atoms with Crippen LogP contribution in [-0.2, 0) is 115 Å². The molecule has 137 heavy (non-hydrogen) atoms. The number of phenols is 2. The van der Waals surface area contributed by atoms with E-state index in [1.54, 1.807) is 47.7 Å². The minimum atomic E-state index is -2.04. The molecule has 29 N–H and O–H groups in total. The molecule has 1 fully saturated rings. The number of nitrogens with zero attached hydrogens (tertiary/aromatic N) is 1. The number of nitrogens with one attached hydrogen (secondary N) is 16. The van der Waals surface area contributed by atoms with E-state index in [4.69, 9.17) is 22.3 Å². The Morgan fingerprint density at radius 1 is 0.453 bits per heavy atom. The van der Waals surface area contributed by atoms with E-state index in [1.165, 1.54) is 62.4 Å². The number of hydrogen-bond donors (Lipinski definition) is 26. The number of H-pyrrole nitrogens is 1. The lowest BCUT2D eigenvalue weighted by atomic mass is 9.96. The second-order valence-electron chi connectivity index (χ2n) is 34.4. The van der Waals surface area contributed by atoms with Gasteiger partial charge in [-0.25, -0.2) is 0 Å². The molecule has 3 aromatic carbocycles. The van der Waals surface area contributed by atoms with Gasteiger partial charge in [-0.15, -0.1) is 0 Å². The summed E-state index contributed by atoms with van der Waals surface area (Å²) in [6.07, 6.45) is -2.55. The van der Waals surface area contributed by atoms with E-state index in [1.807, 2.05) is 24.3 Å². The molecular formula is C90H132N20O27. The van der Waals surface area contributed by atoms with Gasteiger partial charge in [-0.1, -0.05) is 117 Å². The van der Waals surface area contributed by atoms with Gasteiger partial charge in [0.15, 0.2) is 0 Å². The van der Waals surface area contributed by atoms with Crippen molar-refractivity contribution in [2.75, 3.05) is 32.8 Å². The number of amides is 17. The first kappa shape index (κ1) is 114. The fraction of sp³-hybridized carbons (Fsp3) is 0.556. The fourth-order valence-electron chi connectivity index (χ4n) is 14.7. The average molecular weight is 1930 g/mol. The number of fused-ring (bicyclic) bond motifs is 1. The largest absolute Gasteiger partial charge is 0.508 e. The molecule has 5 rings (SSSR count). The Labute approximate surface area is 790 Å². The maximum Gasteiger partial charge on any atom is 0.322 e. The van der Waals surface area contributed by atoms with Crippen molar-refractivity contribution in [2.45, 2.75) is 262 Å². The molecule has 47 nitrogen and oxygen atoms in total. The Hall–Kier alpha value is -14.0. The van der Waals surface area contributed by atoms with E-state index >= 15 is 0 Å². The number of rotatable bonds is 58. The summed E-state index contributed by atoms with van der Waals surface area (Å²) in [7, 11) is 0. The van der Waals surface area contributed by atoms with Crippen molar-refractivity contribution < 1.29 is 132 Å². The van der Waals surface area contributed by atoms with E-state index in [0.29, 0.717) is 30.4 Å². The summed E-state index contributed by atoms with van der Waals surface area (Å²) in [5.41, 5.74) is 19.7. The van der Waals surface area contributed by atoms with Gasteiger partial charge < -0.3 is 143 Å². The minimum Gasteiger partial charge on any atom is -0.508 e. The van der Waals surface area contributed by atoms with Gasteiger partial charge in [-0.05, 0) is 136 Å². The first-order chi connectivity index (χ1) is 64.6. The summed E-state index contributed by atoms with van der Waals surface area (Å²) in [4.78, 5) is 278. The SMILES string of the molecule is CC[C@H](C)[C@H](NC(=O)[C@H](Cc1ccc(O)cc1)NC(=O)[C@@H](NC(=O)[C@H](CC(N)=O)NC(=O)[C@@H](NC(=O)[C@@H](N)Cc1c[nH]c2ccccc12)[C@@H](C)CC)[C@@H](C)O)C(=O)NCC(=O)N[C@@H](CCC(=O)O)C(=O)N1CCC[C@H]1C(=O)N[C@H](C(=O)N[C@@H](Cc1ccc(O)cc1)C(=O)N[C@@H](C)C(=O)N[C@@H](CC(=O)O)C(=O)N[C@@H](CO)C(=O)N[C@H](C(=O)N[C@@H](CCCCN)C(=O)NCC(=O)O)C(C)C)[C@@H](C)CC. The topological polar surface area (TPSA) is 761 Å². The first-order valence-corrected chi connectivity index (χ1v) is 45.2. The number of likely N-dealkylation sites (tertiary alicyclic amines) is 1. The Morgan fingerprint density at radius 3 is 1.44 bits per heavy atom. The number of primary amides is 1. The highest BCUT2D eigenvalue weighted by atomic mass is 16.4. The van der Waals surface area contributed by atoms with Crippen molar-refractivity contribution in [3.8, 4) is 11.5 Å². The zero-order valence-corrected chi connectivity index (χ0v) is 78.2. The molecule has 754 valence electrons. The lowest BCUT2D eigenvalue weighted by molar-refractivity contribution is -0.143. The van der Waals surface area contributed by atoms with Gasteiger partial charge in [0.2, 0.25) is 100 Å². The van der Waals surface area contributed by atoms with Gasteiger partial charge in [-0.3, -0.25) is 95.9 Å². The predicted octanol–water partition coefficient (Wildman–Crippen LogP) is -4.92.